The molecule has 2 rings (SSSR count). The Morgan fingerprint density at radius 2 is 1.86 bits per heavy atom. The zero-order valence-electron chi connectivity index (χ0n) is 12.8. The SMILES string of the molecule is CCCc1c(NC)ncnc1Oc1cc(C)c(Cl)c(C)c1. The normalized spacial score (nSPS) is 10.5. The number of aromatic nitrogens is 2. The van der Waals surface area contributed by atoms with Crippen molar-refractivity contribution >= 4 is 17.4 Å². The van der Waals surface area contributed by atoms with Crippen molar-refractivity contribution in [2.24, 2.45) is 0 Å². The molecule has 2 aromatic rings. The van der Waals surface area contributed by atoms with Crippen molar-refractivity contribution in [1.82, 2.24) is 9.97 Å². The van der Waals surface area contributed by atoms with Crippen LogP contribution in [0.25, 0.3) is 0 Å². The van der Waals surface area contributed by atoms with Crippen LogP contribution in [0.15, 0.2) is 18.5 Å². The van der Waals surface area contributed by atoms with Crippen molar-refractivity contribution < 1.29 is 4.74 Å². The van der Waals surface area contributed by atoms with Gasteiger partial charge in [0.25, 0.3) is 0 Å². The first kappa shape index (κ1) is 15.6. The molecule has 0 radical (unpaired) electrons. The van der Waals surface area contributed by atoms with Crippen molar-refractivity contribution in [3.63, 3.8) is 0 Å². The second-order valence-electron chi connectivity index (χ2n) is 4.98. The van der Waals surface area contributed by atoms with E-state index in [0.29, 0.717) is 5.88 Å². The average Bonchev–Trinajstić information content (AvgIpc) is 2.46. The number of nitrogens with one attached hydrogen (secondary N) is 1. The third-order valence-corrected chi connectivity index (χ3v) is 3.86. The zero-order valence-corrected chi connectivity index (χ0v) is 13.6. The summed E-state index contributed by atoms with van der Waals surface area (Å²) in [5.41, 5.74) is 2.98. The Kier molecular flexibility index (Phi) is 5.02. The lowest BCUT2D eigenvalue weighted by Crippen LogP contribution is -2.03. The number of halogens is 1. The average molecular weight is 306 g/mol. The van der Waals surface area contributed by atoms with E-state index in [9.17, 15) is 0 Å². The van der Waals surface area contributed by atoms with Crippen LogP contribution < -0.4 is 10.1 Å². The summed E-state index contributed by atoms with van der Waals surface area (Å²) in [6.07, 6.45) is 3.37. The van der Waals surface area contributed by atoms with E-state index in [0.717, 1.165) is 46.1 Å². The molecular formula is C16H20ClN3O. The first-order chi connectivity index (χ1) is 10.1. The minimum absolute atomic E-state index is 0.595. The van der Waals surface area contributed by atoms with Crippen LogP contribution in [-0.2, 0) is 6.42 Å². The molecule has 0 saturated carbocycles. The van der Waals surface area contributed by atoms with E-state index in [1.807, 2.05) is 33.0 Å². The van der Waals surface area contributed by atoms with Crippen LogP contribution in [0.5, 0.6) is 11.6 Å². The highest BCUT2D eigenvalue weighted by Gasteiger charge is 2.13. The summed E-state index contributed by atoms with van der Waals surface area (Å²) < 4.78 is 5.97. The number of hydrogen-bond donors (Lipinski definition) is 1. The van der Waals surface area contributed by atoms with Gasteiger partial charge in [0, 0.05) is 12.1 Å². The summed E-state index contributed by atoms with van der Waals surface area (Å²) in [7, 11) is 1.85. The molecule has 0 atom stereocenters. The standard InChI is InChI=1S/C16H20ClN3O/c1-5-6-13-15(18-4)19-9-20-16(13)21-12-7-10(2)14(17)11(3)8-12/h7-9H,5-6H2,1-4H3,(H,18,19,20). The number of rotatable bonds is 5. The summed E-state index contributed by atoms with van der Waals surface area (Å²) >= 11 is 6.19. The Hall–Kier alpha value is -1.81. The van der Waals surface area contributed by atoms with Gasteiger partial charge in [0.05, 0.1) is 5.56 Å². The number of aryl methyl sites for hydroxylation is 2. The van der Waals surface area contributed by atoms with E-state index in [4.69, 9.17) is 16.3 Å². The van der Waals surface area contributed by atoms with E-state index in [2.05, 4.69) is 22.2 Å². The molecule has 1 aromatic carbocycles. The molecule has 0 spiro atoms. The first-order valence-electron chi connectivity index (χ1n) is 7.03. The Labute approximate surface area is 130 Å². The molecule has 4 nitrogen and oxygen atoms in total. The van der Waals surface area contributed by atoms with Crippen molar-refractivity contribution in [2.45, 2.75) is 33.6 Å². The van der Waals surface area contributed by atoms with Gasteiger partial charge >= 0.3 is 0 Å². The molecule has 1 heterocycles. The molecule has 112 valence electrons. The van der Waals surface area contributed by atoms with Crippen molar-refractivity contribution in [2.75, 3.05) is 12.4 Å². The van der Waals surface area contributed by atoms with Crippen LogP contribution in [0.3, 0.4) is 0 Å². The topological polar surface area (TPSA) is 47.0 Å². The van der Waals surface area contributed by atoms with Crippen LogP contribution in [0, 0.1) is 13.8 Å². The van der Waals surface area contributed by atoms with Gasteiger partial charge in [0.15, 0.2) is 0 Å². The van der Waals surface area contributed by atoms with Gasteiger partial charge < -0.3 is 10.1 Å². The fourth-order valence-electron chi connectivity index (χ4n) is 2.25. The van der Waals surface area contributed by atoms with Gasteiger partial charge in [-0.1, -0.05) is 24.9 Å². The summed E-state index contributed by atoms with van der Waals surface area (Å²) in [5, 5.41) is 3.86. The smallest absolute Gasteiger partial charge is 0.227 e. The molecule has 0 aliphatic heterocycles. The minimum atomic E-state index is 0.595. The van der Waals surface area contributed by atoms with Crippen molar-refractivity contribution in [3.05, 3.63) is 40.2 Å². The number of benzene rings is 1. The van der Waals surface area contributed by atoms with E-state index in [1.165, 1.54) is 6.33 Å². The predicted molar refractivity (Wildman–Crippen MR) is 86.6 cm³/mol. The van der Waals surface area contributed by atoms with Gasteiger partial charge in [-0.3, -0.25) is 0 Å². The molecular weight excluding hydrogens is 286 g/mol. The highest BCUT2D eigenvalue weighted by Crippen LogP contribution is 2.31. The van der Waals surface area contributed by atoms with Crippen molar-refractivity contribution in [3.8, 4) is 11.6 Å². The van der Waals surface area contributed by atoms with E-state index < -0.39 is 0 Å². The highest BCUT2D eigenvalue weighted by atomic mass is 35.5. The Morgan fingerprint density at radius 3 is 2.43 bits per heavy atom. The molecule has 0 bridgehead atoms. The number of anilines is 1. The third-order valence-electron chi connectivity index (χ3n) is 3.27. The molecule has 21 heavy (non-hydrogen) atoms. The van der Waals surface area contributed by atoms with Gasteiger partial charge in [0.1, 0.15) is 17.9 Å². The summed E-state index contributed by atoms with van der Waals surface area (Å²) in [5.74, 6) is 2.15. The lowest BCUT2D eigenvalue weighted by Gasteiger charge is -2.14. The number of hydrogen-bond acceptors (Lipinski definition) is 4. The molecule has 0 amide bonds. The lowest BCUT2D eigenvalue weighted by molar-refractivity contribution is 0.454. The predicted octanol–water partition coefficient (Wildman–Crippen LogP) is 4.53. The van der Waals surface area contributed by atoms with Gasteiger partial charge in [0.2, 0.25) is 5.88 Å². The first-order valence-corrected chi connectivity index (χ1v) is 7.40. The number of nitrogens with zero attached hydrogens (tertiary/aromatic N) is 2. The molecule has 0 aliphatic carbocycles. The molecule has 1 N–H and O–H groups in total. The molecule has 1 aromatic heterocycles. The summed E-state index contributed by atoms with van der Waals surface area (Å²) in [6.45, 7) is 6.05. The second-order valence-corrected chi connectivity index (χ2v) is 5.36. The molecule has 5 heteroatoms. The highest BCUT2D eigenvalue weighted by molar-refractivity contribution is 6.32. The molecule has 0 aliphatic rings. The molecule has 0 fully saturated rings. The van der Waals surface area contributed by atoms with Gasteiger partial charge in [-0.05, 0) is 43.5 Å². The van der Waals surface area contributed by atoms with Crippen LogP contribution in [0.2, 0.25) is 5.02 Å². The lowest BCUT2D eigenvalue weighted by atomic mass is 10.1. The van der Waals surface area contributed by atoms with Gasteiger partial charge in [-0.2, -0.15) is 0 Å². The maximum absolute atomic E-state index is 6.19. The van der Waals surface area contributed by atoms with Crippen LogP contribution in [0.1, 0.15) is 30.0 Å². The Balaban J connectivity index is 2.39. The van der Waals surface area contributed by atoms with E-state index in [-0.39, 0.29) is 0 Å². The Morgan fingerprint density at radius 1 is 1.19 bits per heavy atom. The molecule has 0 unspecified atom stereocenters. The van der Waals surface area contributed by atoms with E-state index >= 15 is 0 Å². The molecule has 0 saturated heterocycles. The fourth-order valence-corrected chi connectivity index (χ4v) is 2.36. The Bertz CT molecular complexity index is 620. The van der Waals surface area contributed by atoms with Crippen molar-refractivity contribution in [1.29, 1.82) is 0 Å². The number of ether oxygens (including phenoxy) is 1. The minimum Gasteiger partial charge on any atom is -0.439 e. The second kappa shape index (κ2) is 6.76. The van der Waals surface area contributed by atoms with Crippen LogP contribution in [0.4, 0.5) is 5.82 Å². The van der Waals surface area contributed by atoms with E-state index in [1.54, 1.807) is 0 Å². The summed E-state index contributed by atoms with van der Waals surface area (Å²) in [6, 6.07) is 3.85. The largest absolute Gasteiger partial charge is 0.439 e. The maximum Gasteiger partial charge on any atom is 0.227 e. The zero-order chi connectivity index (χ0) is 15.4. The third kappa shape index (κ3) is 3.45. The van der Waals surface area contributed by atoms with Gasteiger partial charge in [-0.15, -0.1) is 0 Å². The monoisotopic (exact) mass is 305 g/mol. The maximum atomic E-state index is 6.19. The van der Waals surface area contributed by atoms with Crippen LogP contribution in [-0.4, -0.2) is 17.0 Å². The van der Waals surface area contributed by atoms with Gasteiger partial charge in [-0.25, -0.2) is 9.97 Å². The quantitative estimate of drug-likeness (QED) is 0.881. The fraction of sp³-hybridized carbons (Fsp3) is 0.375. The summed E-state index contributed by atoms with van der Waals surface area (Å²) in [4.78, 5) is 8.52. The van der Waals surface area contributed by atoms with Crippen LogP contribution >= 0.6 is 11.6 Å².